The number of aliphatic hydroxyl groups excluding tert-OH is 4. The van der Waals surface area contributed by atoms with E-state index in [1.165, 1.54) is 12.8 Å². The molecule has 254 valence electrons. The zero-order valence-corrected chi connectivity index (χ0v) is 26.7. The molecule has 11 nitrogen and oxygen atoms in total. The van der Waals surface area contributed by atoms with Crippen molar-refractivity contribution in [1.82, 2.24) is 25.3 Å². The lowest BCUT2D eigenvalue weighted by atomic mass is 9.82. The minimum atomic E-state index is -1.43. The predicted octanol–water partition coefficient (Wildman–Crippen LogP) is 0.226. The van der Waals surface area contributed by atoms with Crippen LogP contribution in [0.2, 0.25) is 0 Å². The zero-order chi connectivity index (χ0) is 31.2. The number of hydrogen-bond donors (Lipinski definition) is 6. The maximum absolute atomic E-state index is 15.2. The zero-order valence-electron chi connectivity index (χ0n) is 26.0. The lowest BCUT2D eigenvalue weighted by Crippen LogP contribution is -2.65. The third-order valence-electron chi connectivity index (χ3n) is 10.8. The van der Waals surface area contributed by atoms with Gasteiger partial charge in [-0.05, 0) is 63.2 Å². The van der Waals surface area contributed by atoms with E-state index in [-0.39, 0.29) is 54.6 Å². The highest BCUT2D eigenvalue weighted by molar-refractivity contribution is 6.21. The van der Waals surface area contributed by atoms with Crippen molar-refractivity contribution in [1.29, 1.82) is 0 Å². The predicted molar refractivity (Wildman–Crippen MR) is 165 cm³/mol. The van der Waals surface area contributed by atoms with Crippen LogP contribution in [0.25, 0.3) is 0 Å². The first-order valence-electron chi connectivity index (χ1n) is 17.0. The van der Waals surface area contributed by atoms with Gasteiger partial charge in [-0.15, -0.1) is 11.6 Å². The standard InChI is InChI=1S/C31H55ClFN5O6/c32-22-14-34-31(35-15-22)36-9-7-20(8-10-36)2-1-11-44-25-6-3-21(26(33)13-25)12-29(42)38-17-23-4-5-24(38)16-37(23)18-27(40)30(43)28(41)19-39/h20-28,30-31,34-35,39-41,43H,1-19H2/t21?,22?,23?,24?,25?,26?,27-,28+,30-,31?/m0/s1. The Hall–Kier alpha value is -0.670. The molecule has 5 unspecified atom stereocenters. The van der Waals surface area contributed by atoms with Crippen molar-refractivity contribution in [3.63, 3.8) is 0 Å². The number of fused-ring (bicyclic) bond motifs is 3. The fraction of sp³-hybridized carbons (Fsp3) is 0.968. The number of hydrogen-bond acceptors (Lipinski definition) is 10. The molecule has 0 spiro atoms. The van der Waals surface area contributed by atoms with Gasteiger partial charge in [-0.3, -0.25) is 25.2 Å². The van der Waals surface area contributed by atoms with Crippen molar-refractivity contribution in [3.8, 4) is 0 Å². The van der Waals surface area contributed by atoms with Gasteiger partial charge in [0.15, 0.2) is 0 Å². The number of nitrogens with zero attached hydrogens (tertiary/aromatic N) is 3. The van der Waals surface area contributed by atoms with Gasteiger partial charge in [0.05, 0.1) is 24.2 Å². The van der Waals surface area contributed by atoms with E-state index in [0.717, 1.165) is 58.3 Å². The smallest absolute Gasteiger partial charge is 0.223 e. The summed E-state index contributed by atoms with van der Waals surface area (Å²) in [6.45, 7) is 5.17. The molecule has 1 aliphatic carbocycles. The van der Waals surface area contributed by atoms with Gasteiger partial charge in [0, 0.05) is 77.3 Å². The topological polar surface area (TPSA) is 141 Å². The molecule has 13 heteroatoms. The number of amides is 1. The molecule has 0 aromatic rings. The molecule has 1 amide bonds. The van der Waals surface area contributed by atoms with Crippen LogP contribution in [0.3, 0.4) is 0 Å². The van der Waals surface area contributed by atoms with E-state index >= 15 is 4.39 Å². The number of rotatable bonds is 13. The molecule has 2 bridgehead atoms. The van der Waals surface area contributed by atoms with Crippen LogP contribution >= 0.6 is 11.6 Å². The van der Waals surface area contributed by atoms with E-state index in [1.54, 1.807) is 0 Å². The maximum atomic E-state index is 15.2. The minimum absolute atomic E-state index is 0.00354. The number of carbonyl (C=O) groups is 1. The molecule has 8 atom stereocenters. The van der Waals surface area contributed by atoms with Crippen LogP contribution in [-0.4, -0.2) is 154 Å². The van der Waals surface area contributed by atoms with Gasteiger partial charge in [-0.2, -0.15) is 0 Å². The van der Waals surface area contributed by atoms with Crippen molar-refractivity contribution in [2.24, 2.45) is 11.8 Å². The summed E-state index contributed by atoms with van der Waals surface area (Å²) in [4.78, 5) is 19.7. The number of nitrogens with one attached hydrogen (secondary N) is 2. The Morgan fingerprint density at radius 3 is 2.36 bits per heavy atom. The van der Waals surface area contributed by atoms with E-state index in [9.17, 15) is 20.1 Å². The van der Waals surface area contributed by atoms with Crippen molar-refractivity contribution in [2.75, 3.05) is 59.0 Å². The van der Waals surface area contributed by atoms with E-state index in [1.807, 2.05) is 4.90 Å². The molecular weight excluding hydrogens is 593 g/mol. The first-order chi connectivity index (χ1) is 21.2. The first-order valence-corrected chi connectivity index (χ1v) is 17.4. The molecule has 0 aromatic carbocycles. The summed E-state index contributed by atoms with van der Waals surface area (Å²) >= 11 is 6.16. The van der Waals surface area contributed by atoms with E-state index < -0.39 is 31.1 Å². The fourth-order valence-corrected chi connectivity index (χ4v) is 8.20. The highest BCUT2D eigenvalue weighted by Crippen LogP contribution is 2.35. The Balaban J connectivity index is 0.952. The summed E-state index contributed by atoms with van der Waals surface area (Å²) in [6.07, 6.45) is 3.43. The quantitative estimate of drug-likeness (QED) is 0.122. The molecule has 5 heterocycles. The van der Waals surface area contributed by atoms with Crippen LogP contribution in [0.1, 0.15) is 64.2 Å². The first kappa shape index (κ1) is 34.7. The highest BCUT2D eigenvalue weighted by Gasteiger charge is 2.43. The molecule has 6 aliphatic rings. The van der Waals surface area contributed by atoms with Gasteiger partial charge in [0.1, 0.15) is 24.7 Å². The molecule has 5 aliphatic heterocycles. The van der Waals surface area contributed by atoms with Gasteiger partial charge in [-0.1, -0.05) is 0 Å². The lowest BCUT2D eigenvalue weighted by molar-refractivity contribution is -0.147. The van der Waals surface area contributed by atoms with Crippen LogP contribution in [0, 0.1) is 11.8 Å². The van der Waals surface area contributed by atoms with Crippen LogP contribution in [-0.2, 0) is 9.53 Å². The number of carbonyl (C=O) groups excluding carboxylic acids is 1. The van der Waals surface area contributed by atoms with Crippen molar-refractivity contribution in [2.45, 2.75) is 119 Å². The Kier molecular flexibility index (Phi) is 12.9. The SMILES string of the molecule is O=C(CC1CCC(OCCCC2CCN(C3NCC(Cl)CN3)CC2)CC1F)N1CC2CCC1CN2C[C@H](O)[C@H](O)[C@H](O)CO. The molecule has 1 saturated carbocycles. The molecule has 6 N–H and O–H groups in total. The summed E-state index contributed by atoms with van der Waals surface area (Å²) in [6, 6.07) is 0.0591. The third kappa shape index (κ3) is 9.02. The van der Waals surface area contributed by atoms with E-state index in [2.05, 4.69) is 20.4 Å². The molecule has 44 heavy (non-hydrogen) atoms. The summed E-state index contributed by atoms with van der Waals surface area (Å²) in [5.41, 5.74) is 0. The second kappa shape index (κ2) is 16.4. The van der Waals surface area contributed by atoms with Gasteiger partial charge < -0.3 is 30.1 Å². The van der Waals surface area contributed by atoms with E-state index in [4.69, 9.17) is 21.4 Å². The van der Waals surface area contributed by atoms with Crippen LogP contribution < -0.4 is 10.6 Å². The van der Waals surface area contributed by atoms with Gasteiger partial charge in [0.2, 0.25) is 5.91 Å². The Bertz CT molecular complexity index is 898. The van der Waals surface area contributed by atoms with Crippen LogP contribution in [0.4, 0.5) is 4.39 Å². The molecule has 0 radical (unpaired) electrons. The number of ether oxygens (including phenoxy) is 1. The van der Waals surface area contributed by atoms with Crippen molar-refractivity contribution < 1.29 is 34.3 Å². The maximum Gasteiger partial charge on any atom is 0.223 e. The summed E-state index contributed by atoms with van der Waals surface area (Å²) < 4.78 is 21.3. The Labute approximate surface area is 266 Å². The fourth-order valence-electron chi connectivity index (χ4n) is 8.03. The second-order valence-electron chi connectivity index (χ2n) is 13.9. The normalized spacial score (nSPS) is 36.3. The van der Waals surface area contributed by atoms with Crippen LogP contribution in [0.15, 0.2) is 0 Å². The van der Waals surface area contributed by atoms with Crippen molar-refractivity contribution in [3.05, 3.63) is 0 Å². The summed E-state index contributed by atoms with van der Waals surface area (Å²) in [7, 11) is 0. The number of aliphatic hydroxyl groups is 4. The molecule has 0 aromatic heterocycles. The average molecular weight is 648 g/mol. The van der Waals surface area contributed by atoms with Gasteiger partial charge in [-0.25, -0.2) is 4.39 Å². The Morgan fingerprint density at radius 2 is 1.70 bits per heavy atom. The van der Waals surface area contributed by atoms with Gasteiger partial charge >= 0.3 is 0 Å². The molecule has 6 fully saturated rings. The number of alkyl halides is 2. The minimum Gasteiger partial charge on any atom is -0.394 e. The van der Waals surface area contributed by atoms with Crippen LogP contribution in [0.5, 0.6) is 0 Å². The molecule has 5 saturated heterocycles. The Morgan fingerprint density at radius 1 is 0.977 bits per heavy atom. The molecular formula is C31H55ClFN5O6. The van der Waals surface area contributed by atoms with E-state index in [0.29, 0.717) is 38.5 Å². The second-order valence-corrected chi connectivity index (χ2v) is 14.5. The highest BCUT2D eigenvalue weighted by atomic mass is 35.5. The monoisotopic (exact) mass is 647 g/mol. The average Bonchev–Trinajstić information content (AvgIpc) is 3.04. The summed E-state index contributed by atoms with van der Waals surface area (Å²) in [5.74, 6) is 0.444. The molecule has 6 rings (SSSR count). The largest absolute Gasteiger partial charge is 0.394 e. The lowest BCUT2D eigenvalue weighted by Gasteiger charge is -2.52. The number of piperazine rings is 1. The summed E-state index contributed by atoms with van der Waals surface area (Å²) in [5, 5.41) is 46.1. The van der Waals surface area contributed by atoms with Gasteiger partial charge in [0.25, 0.3) is 0 Å². The third-order valence-corrected chi connectivity index (χ3v) is 11.2. The number of halogens is 2. The van der Waals surface area contributed by atoms with Crippen molar-refractivity contribution >= 4 is 17.5 Å². The number of likely N-dealkylation sites (tertiary alicyclic amines) is 1. The number of piperidine rings is 3.